The Morgan fingerprint density at radius 2 is 1.35 bits per heavy atom. The normalized spacial score (nSPS) is 13.5. The molecule has 3 heteroatoms. The van der Waals surface area contributed by atoms with Crippen LogP contribution in [-0.4, -0.2) is 0 Å². The number of hydrogen-bond donors (Lipinski definition) is 0. The number of nitriles is 1. The van der Waals surface area contributed by atoms with Gasteiger partial charge in [0.1, 0.15) is 0 Å². The molecule has 2 aromatic rings. The maximum absolute atomic E-state index is 9.56. The molecule has 1 nitrogen and oxygen atoms in total. The minimum Gasteiger partial charge on any atom is -0.198 e. The highest BCUT2D eigenvalue weighted by Gasteiger charge is 2.23. The summed E-state index contributed by atoms with van der Waals surface area (Å²) >= 11 is 11.8. The van der Waals surface area contributed by atoms with Gasteiger partial charge in [0.15, 0.2) is 0 Å². The van der Waals surface area contributed by atoms with Crippen molar-refractivity contribution in [1.29, 1.82) is 5.26 Å². The second-order valence-electron chi connectivity index (χ2n) is 4.72. The zero-order valence-electron chi connectivity index (χ0n) is 11.2. The maximum Gasteiger partial charge on any atom is 0.0781 e. The van der Waals surface area contributed by atoms with Crippen LogP contribution in [0.2, 0.25) is 10.0 Å². The van der Waals surface area contributed by atoms with Gasteiger partial charge in [-0.25, -0.2) is 0 Å². The summed E-state index contributed by atoms with van der Waals surface area (Å²) in [5.41, 5.74) is 2.14. The van der Waals surface area contributed by atoms with Crippen molar-refractivity contribution in [3.63, 3.8) is 0 Å². The lowest BCUT2D eigenvalue weighted by molar-refractivity contribution is 0.607. The fourth-order valence-corrected chi connectivity index (χ4v) is 2.69. The molecule has 0 aliphatic heterocycles. The van der Waals surface area contributed by atoms with Gasteiger partial charge in [-0.2, -0.15) is 5.26 Å². The molecule has 0 N–H and O–H groups in total. The highest BCUT2D eigenvalue weighted by molar-refractivity contribution is 6.30. The van der Waals surface area contributed by atoms with Crippen LogP contribution in [-0.2, 0) is 0 Å². The summed E-state index contributed by atoms with van der Waals surface area (Å²) in [5.74, 6) is -0.0307. The predicted octanol–water partition coefficient (Wildman–Crippen LogP) is 5.79. The Morgan fingerprint density at radius 3 is 1.75 bits per heavy atom. The van der Waals surface area contributed by atoms with E-state index < -0.39 is 0 Å². The molecule has 102 valence electrons. The smallest absolute Gasteiger partial charge is 0.0781 e. The van der Waals surface area contributed by atoms with Gasteiger partial charge in [-0.15, -0.1) is 0 Å². The lowest BCUT2D eigenvalue weighted by atomic mass is 9.81. The zero-order chi connectivity index (χ0) is 14.5. The van der Waals surface area contributed by atoms with Crippen molar-refractivity contribution >= 4 is 23.2 Å². The third kappa shape index (κ3) is 3.33. The molecule has 0 radical (unpaired) electrons. The summed E-state index contributed by atoms with van der Waals surface area (Å²) in [4.78, 5) is 0. The van der Waals surface area contributed by atoms with Gasteiger partial charge in [-0.05, 0) is 41.8 Å². The van der Waals surface area contributed by atoms with Crippen LogP contribution in [0.1, 0.15) is 36.3 Å². The summed E-state index contributed by atoms with van der Waals surface area (Å²) in [7, 11) is 0. The third-order valence-electron chi connectivity index (χ3n) is 3.51. The fourth-order valence-electron chi connectivity index (χ4n) is 2.44. The van der Waals surface area contributed by atoms with Crippen molar-refractivity contribution in [2.24, 2.45) is 0 Å². The molecule has 0 amide bonds. The molecule has 0 bridgehead atoms. The van der Waals surface area contributed by atoms with E-state index in [0.717, 1.165) is 17.5 Å². The monoisotopic (exact) mass is 303 g/mol. The van der Waals surface area contributed by atoms with E-state index in [0.29, 0.717) is 10.0 Å². The van der Waals surface area contributed by atoms with Crippen molar-refractivity contribution in [1.82, 2.24) is 0 Å². The molecule has 0 saturated heterocycles. The molecule has 2 atom stereocenters. The molecule has 0 aliphatic rings. The van der Waals surface area contributed by atoms with Crippen LogP contribution >= 0.6 is 23.2 Å². The summed E-state index contributed by atoms with van der Waals surface area (Å²) in [6.45, 7) is 2.10. The Balaban J connectivity index is 2.35. The fraction of sp³-hybridized carbons (Fsp3) is 0.235. The average Bonchev–Trinajstić information content (AvgIpc) is 2.47. The van der Waals surface area contributed by atoms with E-state index in [9.17, 15) is 5.26 Å². The van der Waals surface area contributed by atoms with Gasteiger partial charge in [-0.1, -0.05) is 54.4 Å². The van der Waals surface area contributed by atoms with Gasteiger partial charge in [0.25, 0.3) is 0 Å². The van der Waals surface area contributed by atoms with Gasteiger partial charge < -0.3 is 0 Å². The number of nitrogens with zero attached hydrogens (tertiary/aromatic N) is 1. The van der Waals surface area contributed by atoms with Crippen LogP contribution in [0, 0.1) is 11.3 Å². The van der Waals surface area contributed by atoms with E-state index in [1.54, 1.807) is 0 Å². The van der Waals surface area contributed by atoms with Crippen LogP contribution in [0.3, 0.4) is 0 Å². The summed E-state index contributed by atoms with van der Waals surface area (Å²) in [6.07, 6.45) is 0.891. The Bertz CT molecular complexity index is 596. The van der Waals surface area contributed by atoms with E-state index in [4.69, 9.17) is 23.2 Å². The second kappa shape index (κ2) is 6.79. The van der Waals surface area contributed by atoms with E-state index in [1.807, 2.05) is 48.5 Å². The Labute approximate surface area is 129 Å². The van der Waals surface area contributed by atoms with Crippen molar-refractivity contribution in [3.05, 3.63) is 69.7 Å². The van der Waals surface area contributed by atoms with Gasteiger partial charge in [0.05, 0.1) is 12.0 Å². The lowest BCUT2D eigenvalue weighted by Crippen LogP contribution is -2.09. The lowest BCUT2D eigenvalue weighted by Gasteiger charge is -2.21. The van der Waals surface area contributed by atoms with Crippen molar-refractivity contribution in [2.75, 3.05) is 0 Å². The first kappa shape index (κ1) is 14.9. The van der Waals surface area contributed by atoms with Crippen molar-refractivity contribution in [2.45, 2.75) is 25.2 Å². The minimum atomic E-state index is -0.182. The van der Waals surface area contributed by atoms with E-state index in [1.165, 1.54) is 0 Å². The maximum atomic E-state index is 9.56. The third-order valence-corrected chi connectivity index (χ3v) is 4.01. The largest absolute Gasteiger partial charge is 0.198 e. The van der Waals surface area contributed by atoms with Gasteiger partial charge in [0, 0.05) is 16.0 Å². The molecule has 2 rings (SSSR count). The van der Waals surface area contributed by atoms with Crippen molar-refractivity contribution < 1.29 is 0 Å². The predicted molar refractivity (Wildman–Crippen MR) is 84.3 cm³/mol. The standard InChI is InChI=1S/C17H15Cl2N/c1-2-16(12-3-7-14(18)8-4-12)17(11-20)13-5-9-15(19)10-6-13/h3-10,16-17H,2H2,1H3/t16-,17-/m1/s1. The number of rotatable bonds is 4. The molecular weight excluding hydrogens is 289 g/mol. The molecule has 0 spiro atoms. The quantitative estimate of drug-likeness (QED) is 0.701. The molecule has 0 fully saturated rings. The number of benzene rings is 2. The first-order chi connectivity index (χ1) is 9.65. The first-order valence-corrected chi connectivity index (χ1v) is 7.31. The molecule has 0 heterocycles. The van der Waals surface area contributed by atoms with E-state index in [-0.39, 0.29) is 11.8 Å². The van der Waals surface area contributed by atoms with Crippen LogP contribution in [0.15, 0.2) is 48.5 Å². The van der Waals surface area contributed by atoms with Crippen LogP contribution < -0.4 is 0 Å². The SMILES string of the molecule is CC[C@H](c1ccc(Cl)cc1)[C@H](C#N)c1ccc(Cl)cc1. The highest BCUT2D eigenvalue weighted by Crippen LogP contribution is 2.35. The van der Waals surface area contributed by atoms with Gasteiger partial charge in [-0.3, -0.25) is 0 Å². The zero-order valence-corrected chi connectivity index (χ0v) is 12.7. The Morgan fingerprint density at radius 1 is 0.900 bits per heavy atom. The molecule has 20 heavy (non-hydrogen) atoms. The number of hydrogen-bond acceptors (Lipinski definition) is 1. The van der Waals surface area contributed by atoms with Crippen LogP contribution in [0.25, 0.3) is 0 Å². The molecule has 0 aliphatic carbocycles. The van der Waals surface area contributed by atoms with Crippen LogP contribution in [0.5, 0.6) is 0 Å². The average molecular weight is 304 g/mol. The van der Waals surface area contributed by atoms with Gasteiger partial charge in [0.2, 0.25) is 0 Å². The second-order valence-corrected chi connectivity index (χ2v) is 5.60. The topological polar surface area (TPSA) is 23.8 Å². The molecule has 0 aromatic heterocycles. The molecule has 0 saturated carbocycles. The number of halogens is 2. The Hall–Kier alpha value is -1.49. The molecule has 2 aromatic carbocycles. The van der Waals surface area contributed by atoms with Gasteiger partial charge >= 0.3 is 0 Å². The minimum absolute atomic E-state index is 0.151. The summed E-state index contributed by atoms with van der Waals surface area (Å²) in [5, 5.41) is 11.0. The van der Waals surface area contributed by atoms with E-state index in [2.05, 4.69) is 13.0 Å². The Kier molecular flexibility index (Phi) is 5.06. The molecule has 0 unspecified atom stereocenters. The van der Waals surface area contributed by atoms with E-state index >= 15 is 0 Å². The highest BCUT2D eigenvalue weighted by atomic mass is 35.5. The first-order valence-electron chi connectivity index (χ1n) is 6.56. The van der Waals surface area contributed by atoms with Crippen molar-refractivity contribution in [3.8, 4) is 6.07 Å². The van der Waals surface area contributed by atoms with Crippen LogP contribution in [0.4, 0.5) is 0 Å². The summed E-state index contributed by atoms with van der Waals surface area (Å²) < 4.78 is 0. The summed E-state index contributed by atoms with van der Waals surface area (Å²) in [6, 6.07) is 17.7. The molecular formula is C17H15Cl2N.